The lowest BCUT2D eigenvalue weighted by atomic mass is 10.0. The van der Waals surface area contributed by atoms with Crippen LogP contribution in [0, 0.1) is 0 Å². The summed E-state index contributed by atoms with van der Waals surface area (Å²) in [5.74, 6) is -2.88. The number of halogens is 2. The zero-order chi connectivity index (χ0) is 11.5. The first kappa shape index (κ1) is 11.9. The number of nitrogens with one attached hydrogen (secondary N) is 1. The molecule has 0 spiro atoms. The van der Waals surface area contributed by atoms with E-state index in [1.807, 2.05) is 5.48 Å². The SMILES string of the molecule is COc1cccc(CNO)c1C(C)(F)F. The maximum absolute atomic E-state index is 13.3. The van der Waals surface area contributed by atoms with E-state index in [-0.39, 0.29) is 17.9 Å². The van der Waals surface area contributed by atoms with Crippen molar-refractivity contribution in [2.45, 2.75) is 19.4 Å². The number of hydrogen-bond acceptors (Lipinski definition) is 3. The molecule has 0 aromatic heterocycles. The van der Waals surface area contributed by atoms with Gasteiger partial charge in [-0.15, -0.1) is 0 Å². The van der Waals surface area contributed by atoms with Gasteiger partial charge < -0.3 is 9.94 Å². The number of hydroxylamine groups is 1. The Labute approximate surface area is 86.6 Å². The highest BCUT2D eigenvalue weighted by Gasteiger charge is 2.31. The van der Waals surface area contributed by atoms with Gasteiger partial charge in [0.2, 0.25) is 0 Å². The van der Waals surface area contributed by atoms with Crippen molar-refractivity contribution in [3.8, 4) is 5.75 Å². The van der Waals surface area contributed by atoms with E-state index in [2.05, 4.69) is 0 Å². The van der Waals surface area contributed by atoms with Gasteiger partial charge in [-0.2, -0.15) is 0 Å². The van der Waals surface area contributed by atoms with E-state index in [0.29, 0.717) is 5.56 Å². The normalized spacial score (nSPS) is 11.5. The van der Waals surface area contributed by atoms with Crippen LogP contribution in [-0.4, -0.2) is 12.3 Å². The predicted molar refractivity (Wildman–Crippen MR) is 51.2 cm³/mol. The van der Waals surface area contributed by atoms with Gasteiger partial charge in [0.15, 0.2) is 0 Å². The van der Waals surface area contributed by atoms with Gasteiger partial charge in [0, 0.05) is 13.5 Å². The van der Waals surface area contributed by atoms with Gasteiger partial charge in [-0.3, -0.25) is 0 Å². The maximum atomic E-state index is 13.3. The highest BCUT2D eigenvalue weighted by Crippen LogP contribution is 2.36. The minimum atomic E-state index is -3.00. The van der Waals surface area contributed by atoms with Crippen molar-refractivity contribution in [2.75, 3.05) is 7.11 Å². The molecule has 0 radical (unpaired) electrons. The zero-order valence-corrected chi connectivity index (χ0v) is 8.55. The first-order valence-corrected chi connectivity index (χ1v) is 4.42. The summed E-state index contributed by atoms with van der Waals surface area (Å²) in [6.45, 7) is 0.752. The van der Waals surface area contributed by atoms with Crippen LogP contribution in [0.2, 0.25) is 0 Å². The molecule has 0 amide bonds. The Morgan fingerprint density at radius 2 is 2.13 bits per heavy atom. The van der Waals surface area contributed by atoms with E-state index >= 15 is 0 Å². The summed E-state index contributed by atoms with van der Waals surface area (Å²) < 4.78 is 31.5. The third-order valence-corrected chi connectivity index (χ3v) is 2.04. The van der Waals surface area contributed by atoms with E-state index in [0.717, 1.165) is 6.92 Å². The second-order valence-corrected chi connectivity index (χ2v) is 3.22. The van der Waals surface area contributed by atoms with Gasteiger partial charge in [-0.25, -0.2) is 14.3 Å². The molecular formula is C10H13F2NO2. The molecule has 0 unspecified atom stereocenters. The molecule has 0 fully saturated rings. The summed E-state index contributed by atoms with van der Waals surface area (Å²) >= 11 is 0. The summed E-state index contributed by atoms with van der Waals surface area (Å²) in [6.07, 6.45) is 0. The van der Waals surface area contributed by atoms with Gasteiger partial charge in [-0.1, -0.05) is 12.1 Å². The summed E-state index contributed by atoms with van der Waals surface area (Å²) in [7, 11) is 1.33. The average molecular weight is 217 g/mol. The Balaban J connectivity index is 3.27. The topological polar surface area (TPSA) is 41.5 Å². The standard InChI is InChI=1S/C10H13F2NO2/c1-10(11,12)9-7(6-13-14)4-3-5-8(9)15-2/h3-5,13-14H,6H2,1-2H3. The van der Waals surface area contributed by atoms with Crippen LogP contribution in [0.5, 0.6) is 5.75 Å². The molecule has 0 atom stereocenters. The highest BCUT2D eigenvalue weighted by molar-refractivity contribution is 5.43. The second-order valence-electron chi connectivity index (χ2n) is 3.22. The first-order chi connectivity index (χ1) is 7.00. The lowest BCUT2D eigenvalue weighted by Gasteiger charge is -2.18. The Kier molecular flexibility index (Phi) is 3.60. The fourth-order valence-electron chi connectivity index (χ4n) is 1.48. The Hall–Kier alpha value is -1.20. The molecule has 15 heavy (non-hydrogen) atoms. The van der Waals surface area contributed by atoms with Crippen LogP contribution in [-0.2, 0) is 12.5 Å². The summed E-state index contributed by atoms with van der Waals surface area (Å²) in [6, 6.07) is 4.58. The fraction of sp³-hybridized carbons (Fsp3) is 0.400. The number of hydrogen-bond donors (Lipinski definition) is 2. The van der Waals surface area contributed by atoms with Gasteiger partial charge in [0.05, 0.1) is 12.7 Å². The van der Waals surface area contributed by atoms with Crippen LogP contribution in [0.4, 0.5) is 8.78 Å². The van der Waals surface area contributed by atoms with E-state index in [1.54, 1.807) is 6.07 Å². The molecule has 0 aliphatic heterocycles. The third-order valence-electron chi connectivity index (χ3n) is 2.04. The quantitative estimate of drug-likeness (QED) is 0.760. The molecule has 0 aliphatic carbocycles. The summed E-state index contributed by atoms with van der Waals surface area (Å²) in [5, 5.41) is 8.54. The Morgan fingerprint density at radius 3 is 2.60 bits per heavy atom. The van der Waals surface area contributed by atoms with Crippen LogP contribution >= 0.6 is 0 Å². The highest BCUT2D eigenvalue weighted by atomic mass is 19.3. The second kappa shape index (κ2) is 4.55. The summed E-state index contributed by atoms with van der Waals surface area (Å²) in [4.78, 5) is 0. The maximum Gasteiger partial charge on any atom is 0.274 e. The molecule has 1 aromatic rings. The van der Waals surface area contributed by atoms with E-state index in [9.17, 15) is 8.78 Å². The van der Waals surface area contributed by atoms with Gasteiger partial charge in [0.1, 0.15) is 5.75 Å². The molecule has 1 rings (SSSR count). The number of rotatable bonds is 4. The minimum absolute atomic E-state index is 0.0457. The minimum Gasteiger partial charge on any atom is -0.496 e. The lowest BCUT2D eigenvalue weighted by molar-refractivity contribution is 0.0134. The van der Waals surface area contributed by atoms with Gasteiger partial charge >= 0.3 is 0 Å². The van der Waals surface area contributed by atoms with Crippen LogP contribution in [0.3, 0.4) is 0 Å². The third kappa shape index (κ3) is 2.64. The van der Waals surface area contributed by atoms with E-state index in [4.69, 9.17) is 9.94 Å². The predicted octanol–water partition coefficient (Wildman–Crippen LogP) is 2.29. The number of alkyl halides is 2. The van der Waals surface area contributed by atoms with Crippen molar-refractivity contribution < 1.29 is 18.7 Å². The van der Waals surface area contributed by atoms with Gasteiger partial charge in [0.25, 0.3) is 5.92 Å². The Morgan fingerprint density at radius 1 is 1.47 bits per heavy atom. The molecule has 84 valence electrons. The number of methoxy groups -OCH3 is 1. The van der Waals surface area contributed by atoms with Crippen molar-refractivity contribution >= 4 is 0 Å². The largest absolute Gasteiger partial charge is 0.496 e. The van der Waals surface area contributed by atoms with Gasteiger partial charge in [-0.05, 0) is 11.6 Å². The summed E-state index contributed by atoms with van der Waals surface area (Å²) in [5.41, 5.74) is 1.97. The van der Waals surface area contributed by atoms with Crippen LogP contribution in [0.25, 0.3) is 0 Å². The van der Waals surface area contributed by atoms with Crippen LogP contribution < -0.4 is 10.2 Å². The van der Waals surface area contributed by atoms with Crippen molar-refractivity contribution in [1.29, 1.82) is 0 Å². The fourth-order valence-corrected chi connectivity index (χ4v) is 1.48. The smallest absolute Gasteiger partial charge is 0.274 e. The number of ether oxygens (including phenoxy) is 1. The molecular weight excluding hydrogens is 204 g/mol. The van der Waals surface area contributed by atoms with Crippen molar-refractivity contribution in [2.24, 2.45) is 0 Å². The van der Waals surface area contributed by atoms with Crippen LogP contribution in [0.15, 0.2) is 18.2 Å². The molecule has 1 aromatic carbocycles. The zero-order valence-electron chi connectivity index (χ0n) is 8.55. The van der Waals surface area contributed by atoms with Crippen molar-refractivity contribution in [3.63, 3.8) is 0 Å². The molecule has 0 saturated heterocycles. The average Bonchev–Trinajstić information content (AvgIpc) is 2.16. The molecule has 5 heteroatoms. The van der Waals surface area contributed by atoms with Crippen molar-refractivity contribution in [1.82, 2.24) is 5.48 Å². The first-order valence-electron chi connectivity index (χ1n) is 4.42. The number of benzene rings is 1. The molecule has 0 aliphatic rings. The molecule has 0 saturated carbocycles. The Bertz CT molecular complexity index is 337. The van der Waals surface area contributed by atoms with Crippen molar-refractivity contribution in [3.05, 3.63) is 29.3 Å². The van der Waals surface area contributed by atoms with E-state index in [1.165, 1.54) is 19.2 Å². The lowest BCUT2D eigenvalue weighted by Crippen LogP contribution is -2.16. The monoisotopic (exact) mass is 217 g/mol. The molecule has 0 heterocycles. The molecule has 3 nitrogen and oxygen atoms in total. The van der Waals surface area contributed by atoms with Crippen LogP contribution in [0.1, 0.15) is 18.1 Å². The van der Waals surface area contributed by atoms with E-state index < -0.39 is 5.92 Å². The molecule has 2 N–H and O–H groups in total. The molecule has 0 bridgehead atoms.